The Morgan fingerprint density at radius 3 is 2.53 bits per heavy atom. The van der Waals surface area contributed by atoms with E-state index in [1.807, 2.05) is 0 Å². The molecule has 8 heteroatoms. The van der Waals surface area contributed by atoms with Crippen molar-refractivity contribution in [3.05, 3.63) is 26.7 Å². The monoisotopic (exact) mass is 286 g/mol. The van der Waals surface area contributed by atoms with E-state index < -0.39 is 11.2 Å². The van der Waals surface area contributed by atoms with Crippen molar-refractivity contribution < 1.29 is 5.11 Å². The second-order valence-corrected chi connectivity index (χ2v) is 4.60. The Morgan fingerprint density at radius 2 is 1.95 bits per heavy atom. The minimum absolute atomic E-state index is 0.0685. The Morgan fingerprint density at radius 1 is 1.26 bits per heavy atom. The van der Waals surface area contributed by atoms with Gasteiger partial charge in [-0.25, -0.2) is 9.78 Å². The van der Waals surface area contributed by atoms with Gasteiger partial charge in [0.05, 0.1) is 6.61 Å². The van der Waals surface area contributed by atoms with Crippen molar-refractivity contribution in [1.29, 1.82) is 0 Å². The van der Waals surface area contributed by atoms with Crippen molar-refractivity contribution in [3.63, 3.8) is 0 Å². The molecule has 0 aliphatic carbocycles. The number of aliphatic hydroxyl groups excluding tert-OH is 1. The number of alkyl halides is 1. The molecule has 0 unspecified atom stereocenters. The van der Waals surface area contributed by atoms with Crippen LogP contribution in [0, 0.1) is 0 Å². The van der Waals surface area contributed by atoms with E-state index in [4.69, 9.17) is 16.7 Å². The Balaban J connectivity index is 2.87. The van der Waals surface area contributed by atoms with Gasteiger partial charge in [0.2, 0.25) is 0 Å². The van der Waals surface area contributed by atoms with Gasteiger partial charge >= 0.3 is 5.69 Å². The SMILES string of the molecule is Cn1c(CCO)nc2c1c(=O)n(CCCl)c(=O)n2C. The van der Waals surface area contributed by atoms with E-state index in [2.05, 4.69) is 4.98 Å². The zero-order chi connectivity index (χ0) is 14.2. The van der Waals surface area contributed by atoms with Crippen LogP contribution < -0.4 is 11.2 Å². The summed E-state index contributed by atoms with van der Waals surface area (Å²) in [5.41, 5.74) is -0.174. The lowest BCUT2D eigenvalue weighted by atomic mass is 10.4. The predicted octanol–water partition coefficient (Wildman–Crippen LogP) is -0.793. The molecule has 2 aromatic heterocycles. The number of aliphatic hydroxyl groups is 1. The highest BCUT2D eigenvalue weighted by atomic mass is 35.5. The second kappa shape index (κ2) is 5.18. The summed E-state index contributed by atoms with van der Waals surface area (Å²) in [5, 5.41) is 8.98. The summed E-state index contributed by atoms with van der Waals surface area (Å²) in [6, 6.07) is 0. The molecule has 0 saturated carbocycles. The smallest absolute Gasteiger partial charge is 0.332 e. The minimum Gasteiger partial charge on any atom is -0.396 e. The van der Waals surface area contributed by atoms with Gasteiger partial charge in [-0.2, -0.15) is 0 Å². The Bertz CT molecular complexity index is 728. The highest BCUT2D eigenvalue weighted by molar-refractivity contribution is 6.17. The summed E-state index contributed by atoms with van der Waals surface area (Å²) in [6.45, 7) is 0.0878. The summed E-state index contributed by atoms with van der Waals surface area (Å²) in [7, 11) is 3.25. The van der Waals surface area contributed by atoms with Crippen LogP contribution in [0.3, 0.4) is 0 Å². The maximum atomic E-state index is 12.3. The summed E-state index contributed by atoms with van der Waals surface area (Å²) in [6.07, 6.45) is 0.328. The van der Waals surface area contributed by atoms with Gasteiger partial charge in [-0.3, -0.25) is 13.9 Å². The summed E-state index contributed by atoms with van der Waals surface area (Å²) >= 11 is 5.61. The van der Waals surface area contributed by atoms with E-state index in [0.29, 0.717) is 23.4 Å². The molecule has 19 heavy (non-hydrogen) atoms. The van der Waals surface area contributed by atoms with E-state index in [0.717, 1.165) is 4.57 Å². The minimum atomic E-state index is -0.438. The van der Waals surface area contributed by atoms with Crippen LogP contribution in [-0.2, 0) is 27.1 Å². The molecular weight excluding hydrogens is 272 g/mol. The summed E-state index contributed by atoms with van der Waals surface area (Å²) in [4.78, 5) is 28.6. The van der Waals surface area contributed by atoms with E-state index in [9.17, 15) is 9.59 Å². The van der Waals surface area contributed by atoms with Crippen molar-refractivity contribution in [2.75, 3.05) is 12.5 Å². The molecule has 0 atom stereocenters. The molecular formula is C11H15ClN4O3. The van der Waals surface area contributed by atoms with Gasteiger partial charge in [0.1, 0.15) is 5.82 Å². The molecule has 0 aromatic carbocycles. The van der Waals surface area contributed by atoms with Crippen molar-refractivity contribution in [1.82, 2.24) is 18.7 Å². The standard InChI is InChI=1S/C11H15ClN4O3/c1-14-7(3-6-17)13-9-8(14)10(18)16(5-4-12)11(19)15(9)2/h17H,3-6H2,1-2H3. The van der Waals surface area contributed by atoms with E-state index in [1.165, 1.54) is 4.57 Å². The number of fused-ring (bicyclic) bond motifs is 1. The summed E-state index contributed by atoms with van der Waals surface area (Å²) in [5.74, 6) is 0.746. The van der Waals surface area contributed by atoms with E-state index >= 15 is 0 Å². The molecule has 0 spiro atoms. The van der Waals surface area contributed by atoms with Gasteiger partial charge in [0, 0.05) is 32.9 Å². The first-order valence-corrected chi connectivity index (χ1v) is 6.38. The first kappa shape index (κ1) is 13.8. The van der Waals surface area contributed by atoms with Gasteiger partial charge in [0.15, 0.2) is 11.2 Å². The molecule has 104 valence electrons. The van der Waals surface area contributed by atoms with Gasteiger partial charge in [-0.1, -0.05) is 0 Å². The lowest BCUT2D eigenvalue weighted by Gasteiger charge is -2.06. The number of rotatable bonds is 4. The van der Waals surface area contributed by atoms with Gasteiger partial charge in [0.25, 0.3) is 5.56 Å². The van der Waals surface area contributed by atoms with Crippen LogP contribution in [0.1, 0.15) is 5.82 Å². The molecule has 2 heterocycles. The van der Waals surface area contributed by atoms with Crippen molar-refractivity contribution in [2.45, 2.75) is 13.0 Å². The molecule has 0 amide bonds. The molecule has 0 saturated heterocycles. The van der Waals surface area contributed by atoms with Crippen LogP contribution in [0.5, 0.6) is 0 Å². The molecule has 0 aliphatic heterocycles. The highest BCUT2D eigenvalue weighted by Crippen LogP contribution is 2.09. The molecule has 0 fully saturated rings. The maximum Gasteiger partial charge on any atom is 0.332 e. The van der Waals surface area contributed by atoms with Crippen LogP contribution in [-0.4, -0.2) is 36.3 Å². The van der Waals surface area contributed by atoms with Gasteiger partial charge in [-0.15, -0.1) is 11.6 Å². The summed E-state index contributed by atoms with van der Waals surface area (Å²) < 4.78 is 4.03. The molecule has 2 aromatic rings. The molecule has 7 nitrogen and oxygen atoms in total. The largest absolute Gasteiger partial charge is 0.396 e. The highest BCUT2D eigenvalue weighted by Gasteiger charge is 2.17. The van der Waals surface area contributed by atoms with Gasteiger partial charge < -0.3 is 9.67 Å². The van der Waals surface area contributed by atoms with Crippen molar-refractivity contribution in [2.24, 2.45) is 14.1 Å². The van der Waals surface area contributed by atoms with Crippen molar-refractivity contribution in [3.8, 4) is 0 Å². The number of imidazole rings is 1. The molecule has 2 rings (SSSR count). The Labute approximate surface area is 113 Å². The fraction of sp³-hybridized carbons (Fsp3) is 0.545. The maximum absolute atomic E-state index is 12.3. The third kappa shape index (κ3) is 2.08. The number of hydrogen-bond donors (Lipinski definition) is 1. The molecule has 1 N–H and O–H groups in total. The number of nitrogens with zero attached hydrogens (tertiary/aromatic N) is 4. The van der Waals surface area contributed by atoms with E-state index in [-0.39, 0.29) is 19.0 Å². The zero-order valence-electron chi connectivity index (χ0n) is 10.8. The fourth-order valence-electron chi connectivity index (χ4n) is 2.09. The number of aryl methyl sites for hydroxylation is 2. The lowest BCUT2D eigenvalue weighted by Crippen LogP contribution is -2.40. The lowest BCUT2D eigenvalue weighted by molar-refractivity contribution is 0.295. The average Bonchev–Trinajstić information content (AvgIpc) is 2.71. The quantitative estimate of drug-likeness (QED) is 0.747. The fourth-order valence-corrected chi connectivity index (χ4v) is 2.26. The molecule has 0 aliphatic rings. The molecule has 0 bridgehead atoms. The number of hydrogen-bond acceptors (Lipinski definition) is 4. The zero-order valence-corrected chi connectivity index (χ0v) is 11.5. The first-order chi connectivity index (χ1) is 9.02. The third-order valence-corrected chi connectivity index (χ3v) is 3.27. The molecule has 0 radical (unpaired) electrons. The Hall–Kier alpha value is -1.60. The predicted molar refractivity (Wildman–Crippen MR) is 71.7 cm³/mol. The number of halogens is 1. The van der Waals surface area contributed by atoms with Crippen molar-refractivity contribution >= 4 is 22.8 Å². The Kier molecular flexibility index (Phi) is 3.77. The normalized spacial score (nSPS) is 11.4. The third-order valence-electron chi connectivity index (χ3n) is 3.10. The first-order valence-electron chi connectivity index (χ1n) is 5.84. The van der Waals surface area contributed by atoms with Crippen LogP contribution in [0.25, 0.3) is 11.2 Å². The topological polar surface area (TPSA) is 82.1 Å². The van der Waals surface area contributed by atoms with E-state index in [1.54, 1.807) is 18.7 Å². The van der Waals surface area contributed by atoms with Crippen LogP contribution >= 0.6 is 11.6 Å². The average molecular weight is 287 g/mol. The van der Waals surface area contributed by atoms with Gasteiger partial charge in [-0.05, 0) is 0 Å². The van der Waals surface area contributed by atoms with Crippen LogP contribution in [0.4, 0.5) is 0 Å². The van der Waals surface area contributed by atoms with Crippen LogP contribution in [0.15, 0.2) is 9.59 Å². The van der Waals surface area contributed by atoms with Crippen LogP contribution in [0.2, 0.25) is 0 Å². The number of aromatic nitrogens is 4. The second-order valence-electron chi connectivity index (χ2n) is 4.22.